The van der Waals surface area contributed by atoms with Crippen LogP contribution in [0.3, 0.4) is 0 Å². The standard InChI is InChI=1S/C18H29N3O3/c1-5-18(6-2,16(22)19-12-13-21(3)4)20-17(23)24-14-15-10-8-7-9-11-15/h7-11H,5-6,12-14H2,1-4H3,(H,19,22)(H,20,23). The van der Waals surface area contributed by atoms with Crippen molar-refractivity contribution in [2.45, 2.75) is 38.8 Å². The Balaban J connectivity index is 2.59. The third-order valence-corrected chi connectivity index (χ3v) is 4.04. The molecule has 0 aliphatic carbocycles. The number of nitrogens with one attached hydrogen (secondary N) is 2. The Morgan fingerprint density at radius 1 is 1.12 bits per heavy atom. The summed E-state index contributed by atoms with van der Waals surface area (Å²) in [6.45, 7) is 5.22. The second-order valence-corrected chi connectivity index (χ2v) is 6.04. The first-order valence-corrected chi connectivity index (χ1v) is 8.35. The van der Waals surface area contributed by atoms with Gasteiger partial charge in [-0.05, 0) is 32.5 Å². The minimum Gasteiger partial charge on any atom is -0.445 e. The monoisotopic (exact) mass is 335 g/mol. The molecule has 2 N–H and O–H groups in total. The SMILES string of the molecule is CCC(CC)(NC(=O)OCc1ccccc1)C(=O)NCCN(C)C. The second kappa shape index (κ2) is 9.93. The van der Waals surface area contributed by atoms with Crippen LogP contribution in [0.25, 0.3) is 0 Å². The summed E-state index contributed by atoms with van der Waals surface area (Å²) in [6, 6.07) is 9.44. The number of carbonyl (C=O) groups is 2. The van der Waals surface area contributed by atoms with E-state index < -0.39 is 11.6 Å². The molecule has 1 rings (SSSR count). The number of alkyl carbamates (subject to hydrolysis) is 1. The Bertz CT molecular complexity index is 514. The van der Waals surface area contributed by atoms with Gasteiger partial charge in [0.2, 0.25) is 5.91 Å². The molecule has 0 aliphatic heterocycles. The average Bonchev–Trinajstić information content (AvgIpc) is 2.58. The highest BCUT2D eigenvalue weighted by Gasteiger charge is 2.36. The molecule has 0 radical (unpaired) electrons. The first-order chi connectivity index (χ1) is 11.4. The zero-order valence-corrected chi connectivity index (χ0v) is 15.1. The van der Waals surface area contributed by atoms with Crippen molar-refractivity contribution in [1.82, 2.24) is 15.5 Å². The van der Waals surface area contributed by atoms with Crippen LogP contribution in [0, 0.1) is 0 Å². The lowest BCUT2D eigenvalue weighted by molar-refractivity contribution is -0.127. The van der Waals surface area contributed by atoms with E-state index in [4.69, 9.17) is 4.74 Å². The molecule has 0 saturated heterocycles. The summed E-state index contributed by atoms with van der Waals surface area (Å²) in [5.41, 5.74) is -0.0400. The van der Waals surface area contributed by atoms with Gasteiger partial charge in [0.15, 0.2) is 0 Å². The van der Waals surface area contributed by atoms with Crippen LogP contribution in [-0.4, -0.2) is 49.6 Å². The van der Waals surface area contributed by atoms with Crippen molar-refractivity contribution < 1.29 is 14.3 Å². The van der Waals surface area contributed by atoms with Gasteiger partial charge in [-0.15, -0.1) is 0 Å². The van der Waals surface area contributed by atoms with Crippen LogP contribution in [0.15, 0.2) is 30.3 Å². The number of hydrogen-bond acceptors (Lipinski definition) is 4. The molecular formula is C18H29N3O3. The van der Waals surface area contributed by atoms with Crippen LogP contribution >= 0.6 is 0 Å². The predicted octanol–water partition coefficient (Wildman–Crippen LogP) is 2.15. The molecule has 24 heavy (non-hydrogen) atoms. The number of carbonyl (C=O) groups excluding carboxylic acids is 2. The van der Waals surface area contributed by atoms with Gasteiger partial charge in [-0.3, -0.25) is 4.79 Å². The summed E-state index contributed by atoms with van der Waals surface area (Å²) in [5.74, 6) is -0.175. The van der Waals surface area contributed by atoms with E-state index in [0.717, 1.165) is 12.1 Å². The van der Waals surface area contributed by atoms with E-state index in [1.807, 2.05) is 63.2 Å². The van der Waals surface area contributed by atoms with Crippen LogP contribution in [-0.2, 0) is 16.1 Å². The first kappa shape index (κ1) is 20.0. The fourth-order valence-corrected chi connectivity index (χ4v) is 2.32. The number of amides is 2. The number of rotatable bonds is 9. The molecule has 0 unspecified atom stereocenters. The fourth-order valence-electron chi connectivity index (χ4n) is 2.32. The maximum Gasteiger partial charge on any atom is 0.408 e. The van der Waals surface area contributed by atoms with E-state index in [9.17, 15) is 9.59 Å². The third-order valence-electron chi connectivity index (χ3n) is 4.04. The molecule has 0 spiro atoms. The summed E-state index contributed by atoms with van der Waals surface area (Å²) >= 11 is 0. The maximum atomic E-state index is 12.5. The van der Waals surface area contributed by atoms with Crippen molar-refractivity contribution in [2.24, 2.45) is 0 Å². The quantitative estimate of drug-likeness (QED) is 0.725. The molecule has 0 atom stereocenters. The fraction of sp³-hybridized carbons (Fsp3) is 0.556. The van der Waals surface area contributed by atoms with Crippen molar-refractivity contribution in [1.29, 1.82) is 0 Å². The van der Waals surface area contributed by atoms with Gasteiger partial charge in [0.25, 0.3) is 0 Å². The van der Waals surface area contributed by atoms with Crippen molar-refractivity contribution in [2.75, 3.05) is 27.2 Å². The molecule has 1 aromatic rings. The third kappa shape index (κ3) is 6.20. The van der Waals surface area contributed by atoms with E-state index in [-0.39, 0.29) is 12.5 Å². The lowest BCUT2D eigenvalue weighted by Gasteiger charge is -2.31. The zero-order chi connectivity index (χ0) is 18.0. The molecule has 1 aromatic carbocycles. The normalized spacial score (nSPS) is 11.2. The minimum absolute atomic E-state index is 0.175. The Hall–Kier alpha value is -2.08. The Morgan fingerprint density at radius 2 is 1.75 bits per heavy atom. The largest absolute Gasteiger partial charge is 0.445 e. The molecule has 0 aromatic heterocycles. The number of nitrogens with zero attached hydrogens (tertiary/aromatic N) is 1. The van der Waals surface area contributed by atoms with Gasteiger partial charge in [0.05, 0.1) is 0 Å². The number of likely N-dealkylation sites (N-methyl/N-ethyl adjacent to an activating group) is 1. The first-order valence-electron chi connectivity index (χ1n) is 8.35. The van der Waals surface area contributed by atoms with Crippen molar-refractivity contribution >= 4 is 12.0 Å². The van der Waals surface area contributed by atoms with Crippen molar-refractivity contribution in [3.8, 4) is 0 Å². The molecule has 0 fully saturated rings. The molecule has 0 aliphatic rings. The molecule has 134 valence electrons. The van der Waals surface area contributed by atoms with Gasteiger partial charge >= 0.3 is 6.09 Å². The summed E-state index contributed by atoms with van der Waals surface area (Å²) in [7, 11) is 3.89. The molecular weight excluding hydrogens is 306 g/mol. The van der Waals surface area contributed by atoms with Gasteiger partial charge in [-0.25, -0.2) is 4.79 Å². The Morgan fingerprint density at radius 3 is 2.29 bits per heavy atom. The highest BCUT2D eigenvalue weighted by Crippen LogP contribution is 2.16. The highest BCUT2D eigenvalue weighted by atomic mass is 16.5. The molecule has 2 amide bonds. The smallest absolute Gasteiger partial charge is 0.408 e. The Labute approximate surface area is 144 Å². The molecule has 6 nitrogen and oxygen atoms in total. The lowest BCUT2D eigenvalue weighted by atomic mass is 9.92. The number of benzene rings is 1. The van der Waals surface area contributed by atoms with Crippen LogP contribution < -0.4 is 10.6 Å². The van der Waals surface area contributed by atoms with Crippen LogP contribution in [0.4, 0.5) is 4.79 Å². The summed E-state index contributed by atoms with van der Waals surface area (Å²) in [5, 5.41) is 5.64. The topological polar surface area (TPSA) is 70.7 Å². The molecule has 0 saturated carbocycles. The van der Waals surface area contributed by atoms with Gasteiger partial charge in [0, 0.05) is 13.1 Å². The van der Waals surface area contributed by atoms with Crippen LogP contribution in [0.5, 0.6) is 0 Å². The van der Waals surface area contributed by atoms with Crippen molar-refractivity contribution in [3.63, 3.8) is 0 Å². The van der Waals surface area contributed by atoms with Gasteiger partial charge in [-0.2, -0.15) is 0 Å². The van der Waals surface area contributed by atoms with Gasteiger partial charge < -0.3 is 20.3 Å². The lowest BCUT2D eigenvalue weighted by Crippen LogP contribution is -2.58. The molecule has 0 heterocycles. The van der Waals surface area contributed by atoms with E-state index in [1.165, 1.54) is 0 Å². The summed E-state index contributed by atoms with van der Waals surface area (Å²) < 4.78 is 5.24. The minimum atomic E-state index is -0.944. The van der Waals surface area contributed by atoms with Gasteiger partial charge in [-0.1, -0.05) is 44.2 Å². The van der Waals surface area contributed by atoms with Crippen LogP contribution in [0.2, 0.25) is 0 Å². The van der Waals surface area contributed by atoms with E-state index in [1.54, 1.807) is 0 Å². The van der Waals surface area contributed by atoms with E-state index in [0.29, 0.717) is 19.4 Å². The second-order valence-electron chi connectivity index (χ2n) is 6.04. The summed E-state index contributed by atoms with van der Waals surface area (Å²) in [4.78, 5) is 26.6. The van der Waals surface area contributed by atoms with E-state index >= 15 is 0 Å². The summed E-state index contributed by atoms with van der Waals surface area (Å²) in [6.07, 6.45) is 0.417. The Kier molecular flexibility index (Phi) is 8.26. The zero-order valence-electron chi connectivity index (χ0n) is 15.1. The van der Waals surface area contributed by atoms with E-state index in [2.05, 4.69) is 10.6 Å². The average molecular weight is 335 g/mol. The van der Waals surface area contributed by atoms with Crippen LogP contribution in [0.1, 0.15) is 32.3 Å². The maximum absolute atomic E-state index is 12.5. The highest BCUT2D eigenvalue weighted by molar-refractivity contribution is 5.89. The molecule has 0 bridgehead atoms. The number of ether oxygens (including phenoxy) is 1. The number of hydrogen-bond donors (Lipinski definition) is 2. The predicted molar refractivity (Wildman–Crippen MR) is 94.6 cm³/mol. The van der Waals surface area contributed by atoms with Crippen molar-refractivity contribution in [3.05, 3.63) is 35.9 Å². The van der Waals surface area contributed by atoms with Gasteiger partial charge in [0.1, 0.15) is 12.1 Å². The molecule has 6 heteroatoms.